The maximum atomic E-state index is 11.7. The van der Waals surface area contributed by atoms with Crippen LogP contribution in [0.1, 0.15) is 24.0 Å². The van der Waals surface area contributed by atoms with Crippen LogP contribution in [0, 0.1) is 0 Å². The molecule has 0 unspecified atom stereocenters. The van der Waals surface area contributed by atoms with Gasteiger partial charge in [-0.3, -0.25) is 29.0 Å². The lowest BCUT2D eigenvalue weighted by Gasteiger charge is -2.20. The van der Waals surface area contributed by atoms with Crippen LogP contribution in [0.2, 0.25) is 0 Å². The van der Waals surface area contributed by atoms with Gasteiger partial charge in [0.05, 0.1) is 54.6 Å². The van der Waals surface area contributed by atoms with Gasteiger partial charge in [-0.2, -0.15) is 0 Å². The van der Waals surface area contributed by atoms with Gasteiger partial charge in [0.15, 0.2) is 11.5 Å². The number of hydrogen-bond acceptors (Lipinski definition) is 12. The maximum absolute atomic E-state index is 11.7. The minimum Gasteiger partial charge on any atom is -0.468 e. The third-order valence-corrected chi connectivity index (χ3v) is 5.84. The summed E-state index contributed by atoms with van der Waals surface area (Å²) in [6.45, 7) is 1.05. The molecule has 0 bridgehead atoms. The van der Waals surface area contributed by atoms with Crippen molar-refractivity contribution < 1.29 is 47.6 Å². The van der Waals surface area contributed by atoms with Crippen molar-refractivity contribution in [2.45, 2.75) is 25.7 Å². The van der Waals surface area contributed by atoms with Crippen molar-refractivity contribution in [1.29, 1.82) is 0 Å². The van der Waals surface area contributed by atoms with Crippen molar-refractivity contribution in [2.75, 3.05) is 74.5 Å². The quantitative estimate of drug-likeness (QED) is 0.221. The molecule has 0 amide bonds. The summed E-state index contributed by atoms with van der Waals surface area (Å²) in [5.41, 5.74) is 1.93. The normalized spacial score (nSPS) is 11.9. The van der Waals surface area contributed by atoms with Gasteiger partial charge < -0.3 is 28.4 Å². The van der Waals surface area contributed by atoms with E-state index in [2.05, 4.69) is 0 Å². The van der Waals surface area contributed by atoms with Crippen molar-refractivity contribution in [3.63, 3.8) is 0 Å². The first-order valence-corrected chi connectivity index (χ1v) is 11.9. The zero-order chi connectivity index (χ0) is 27.2. The number of ether oxygens (including phenoxy) is 6. The number of methoxy groups -OCH3 is 4. The Morgan fingerprint density at radius 1 is 0.649 bits per heavy atom. The number of aryl methyl sites for hydroxylation is 2. The second-order valence-corrected chi connectivity index (χ2v) is 8.38. The van der Waals surface area contributed by atoms with Crippen LogP contribution in [0.5, 0.6) is 11.5 Å². The predicted molar refractivity (Wildman–Crippen MR) is 130 cm³/mol. The first kappa shape index (κ1) is 29.8. The molecule has 1 aromatic rings. The molecule has 0 aromatic heterocycles. The molecule has 0 aliphatic carbocycles. The molecule has 0 atom stereocenters. The van der Waals surface area contributed by atoms with Crippen molar-refractivity contribution in [3.8, 4) is 11.5 Å². The number of hydrogen-bond donors (Lipinski definition) is 0. The van der Waals surface area contributed by atoms with Crippen LogP contribution < -0.4 is 9.47 Å². The van der Waals surface area contributed by atoms with E-state index in [1.54, 1.807) is 9.80 Å². The highest BCUT2D eigenvalue weighted by molar-refractivity contribution is 5.75. The van der Waals surface area contributed by atoms with Gasteiger partial charge in [-0.1, -0.05) is 12.1 Å². The van der Waals surface area contributed by atoms with Crippen molar-refractivity contribution >= 4 is 23.9 Å². The standard InChI is InChI=1S/C25H36N2O10/c1-32-20(28)13-26(14-21(29)33-2)11-5-7-18-9-10-19(25-24(18)36-17-37-25)8-6-12-27(15-22(30)34-3)16-23(31)35-4/h9-10H,5-8,11-17H2,1-4H3. The van der Waals surface area contributed by atoms with Gasteiger partial charge in [0, 0.05) is 0 Å². The maximum Gasteiger partial charge on any atom is 0.319 e. The van der Waals surface area contributed by atoms with Gasteiger partial charge in [-0.15, -0.1) is 0 Å². The van der Waals surface area contributed by atoms with Crippen molar-refractivity contribution in [1.82, 2.24) is 9.80 Å². The number of esters is 4. The van der Waals surface area contributed by atoms with Crippen LogP contribution in [0.25, 0.3) is 0 Å². The van der Waals surface area contributed by atoms with E-state index in [4.69, 9.17) is 28.4 Å². The Hall–Kier alpha value is -3.38. The fourth-order valence-electron chi connectivity index (χ4n) is 3.90. The molecule has 0 N–H and O–H groups in total. The summed E-state index contributed by atoms with van der Waals surface area (Å²) < 4.78 is 30.3. The lowest BCUT2D eigenvalue weighted by molar-refractivity contribution is -0.147. The molecule has 0 fully saturated rings. The summed E-state index contributed by atoms with van der Waals surface area (Å²) >= 11 is 0. The summed E-state index contributed by atoms with van der Waals surface area (Å²) in [6, 6.07) is 3.96. The Bertz CT molecular complexity index is 827. The van der Waals surface area contributed by atoms with E-state index in [1.807, 2.05) is 12.1 Å². The Morgan fingerprint density at radius 3 is 1.27 bits per heavy atom. The molecule has 206 valence electrons. The molecular formula is C25H36N2O10. The monoisotopic (exact) mass is 524 g/mol. The SMILES string of the molecule is COC(=O)CN(CCCc1ccc(CCCN(CC(=O)OC)CC(=O)OC)c2c1OCO2)CC(=O)OC. The molecule has 1 aromatic carbocycles. The number of nitrogens with zero attached hydrogens (tertiary/aromatic N) is 2. The van der Waals surface area contributed by atoms with Crippen LogP contribution >= 0.6 is 0 Å². The average Bonchev–Trinajstić information content (AvgIpc) is 3.39. The summed E-state index contributed by atoms with van der Waals surface area (Å²) in [7, 11) is 5.21. The molecule has 37 heavy (non-hydrogen) atoms. The average molecular weight is 525 g/mol. The summed E-state index contributed by atoms with van der Waals surface area (Å²) in [5, 5.41) is 0. The van der Waals surface area contributed by atoms with E-state index in [9.17, 15) is 19.2 Å². The molecule has 0 radical (unpaired) electrons. The molecule has 1 aliphatic rings. The van der Waals surface area contributed by atoms with Crippen LogP contribution in [0.3, 0.4) is 0 Å². The lowest BCUT2D eigenvalue weighted by atomic mass is 10.0. The highest BCUT2D eigenvalue weighted by Gasteiger charge is 2.23. The zero-order valence-electron chi connectivity index (χ0n) is 21.9. The van der Waals surface area contributed by atoms with Crippen LogP contribution in [-0.4, -0.2) is 108 Å². The molecular weight excluding hydrogens is 488 g/mol. The Balaban J connectivity index is 1.97. The van der Waals surface area contributed by atoms with Crippen molar-refractivity contribution in [2.24, 2.45) is 0 Å². The topological polar surface area (TPSA) is 130 Å². The molecule has 1 heterocycles. The van der Waals surface area contributed by atoms with Gasteiger partial charge in [-0.25, -0.2) is 0 Å². The Morgan fingerprint density at radius 2 is 0.973 bits per heavy atom. The van der Waals surface area contributed by atoms with E-state index in [0.29, 0.717) is 50.3 Å². The molecule has 0 saturated heterocycles. The summed E-state index contributed by atoms with van der Waals surface area (Å²) in [5.74, 6) is -0.340. The van der Waals surface area contributed by atoms with Crippen LogP contribution in [0.4, 0.5) is 0 Å². The molecule has 1 aliphatic heterocycles. The van der Waals surface area contributed by atoms with Crippen LogP contribution in [0.15, 0.2) is 12.1 Å². The largest absolute Gasteiger partial charge is 0.468 e. The fourth-order valence-corrected chi connectivity index (χ4v) is 3.90. The molecule has 0 spiro atoms. The predicted octanol–water partition coefficient (Wildman–Crippen LogP) is 0.577. The molecule has 12 nitrogen and oxygen atoms in total. The summed E-state index contributed by atoms with van der Waals surface area (Å²) in [6.07, 6.45) is 2.63. The van der Waals surface area contributed by atoms with Crippen molar-refractivity contribution in [3.05, 3.63) is 23.3 Å². The van der Waals surface area contributed by atoms with E-state index in [0.717, 1.165) is 11.1 Å². The van der Waals surface area contributed by atoms with E-state index < -0.39 is 23.9 Å². The van der Waals surface area contributed by atoms with Gasteiger partial charge in [-0.05, 0) is 49.9 Å². The third-order valence-electron chi connectivity index (χ3n) is 5.84. The number of carbonyl (C=O) groups is 4. The smallest absolute Gasteiger partial charge is 0.319 e. The second-order valence-electron chi connectivity index (χ2n) is 8.38. The number of rotatable bonds is 16. The first-order chi connectivity index (χ1) is 17.8. The molecule has 12 heteroatoms. The number of carbonyl (C=O) groups excluding carboxylic acids is 4. The highest BCUT2D eigenvalue weighted by Crippen LogP contribution is 2.40. The number of fused-ring (bicyclic) bond motifs is 1. The number of benzene rings is 1. The first-order valence-electron chi connectivity index (χ1n) is 11.9. The van der Waals surface area contributed by atoms with Gasteiger partial charge in [0.25, 0.3) is 0 Å². The van der Waals surface area contributed by atoms with Gasteiger partial charge >= 0.3 is 23.9 Å². The minimum absolute atomic E-state index is 0.00870. The molecule has 0 saturated carbocycles. The Labute approximate surface area is 216 Å². The molecule has 2 rings (SSSR count). The van der Waals surface area contributed by atoms with Crippen LogP contribution in [-0.2, 0) is 51.0 Å². The fraction of sp³-hybridized carbons (Fsp3) is 0.600. The van der Waals surface area contributed by atoms with Gasteiger partial charge in [0.1, 0.15) is 0 Å². The zero-order valence-corrected chi connectivity index (χ0v) is 21.9. The summed E-state index contributed by atoms with van der Waals surface area (Å²) in [4.78, 5) is 50.1. The third kappa shape index (κ3) is 9.89. The lowest BCUT2D eigenvalue weighted by Crippen LogP contribution is -2.36. The van der Waals surface area contributed by atoms with Gasteiger partial charge in [0.2, 0.25) is 6.79 Å². The van der Waals surface area contributed by atoms with E-state index >= 15 is 0 Å². The second kappa shape index (κ2) is 15.7. The minimum atomic E-state index is -0.428. The Kier molecular flexibility index (Phi) is 12.6. The van der Waals surface area contributed by atoms with E-state index in [1.165, 1.54) is 28.4 Å². The highest BCUT2D eigenvalue weighted by atomic mass is 16.7. The van der Waals surface area contributed by atoms with E-state index in [-0.39, 0.29) is 33.0 Å².